The van der Waals surface area contributed by atoms with Crippen molar-refractivity contribution in [1.29, 1.82) is 0 Å². The summed E-state index contributed by atoms with van der Waals surface area (Å²) >= 11 is 12.3. The number of benzene rings is 4. The number of nitrogens with zero attached hydrogens (tertiary/aromatic N) is 1. The quantitative estimate of drug-likeness (QED) is 0.154. The molecule has 10 heteroatoms. The Hall–Kier alpha value is -3.85. The van der Waals surface area contributed by atoms with E-state index in [1.165, 1.54) is 24.3 Å². The zero-order valence-corrected chi connectivity index (χ0v) is 27.0. The summed E-state index contributed by atoms with van der Waals surface area (Å²) < 4.78 is 46.8. The summed E-state index contributed by atoms with van der Waals surface area (Å²) in [6.45, 7) is 4.50. The number of Topliss-reactive ketones (excluding diaryl/α,β-unsaturated/α-hetero) is 1. The van der Waals surface area contributed by atoms with Crippen LogP contribution < -0.4 is 4.74 Å². The molecule has 4 rings (SSSR count). The molecule has 2 unspecified atom stereocenters. The summed E-state index contributed by atoms with van der Waals surface area (Å²) in [7, 11) is 1.99. The van der Waals surface area contributed by atoms with Crippen LogP contribution in [0.4, 0.5) is 13.2 Å². The largest absolute Gasteiger partial charge is 0.492 e. The number of halogens is 5. The first kappa shape index (κ1) is 35.0. The number of likely N-dealkylation sites (N-methyl/N-ethyl adjacent to an activating group) is 1. The second kappa shape index (κ2) is 14.7. The molecule has 4 aromatic rings. The van der Waals surface area contributed by atoms with E-state index in [2.05, 4.69) is 11.8 Å². The third kappa shape index (κ3) is 8.29. The lowest BCUT2D eigenvalue weighted by Gasteiger charge is -2.40. The van der Waals surface area contributed by atoms with Gasteiger partial charge in [-0.2, -0.15) is 13.2 Å². The summed E-state index contributed by atoms with van der Waals surface area (Å²) in [6.07, 6.45) is -5.16. The van der Waals surface area contributed by atoms with Gasteiger partial charge in [-0.3, -0.25) is 9.69 Å². The highest BCUT2D eigenvalue weighted by atomic mass is 35.5. The van der Waals surface area contributed by atoms with Gasteiger partial charge in [-0.1, -0.05) is 78.7 Å². The first-order valence-electron chi connectivity index (χ1n) is 14.6. The van der Waals surface area contributed by atoms with Crippen molar-refractivity contribution in [3.05, 3.63) is 135 Å². The van der Waals surface area contributed by atoms with Gasteiger partial charge in [-0.05, 0) is 97.1 Å². The monoisotopic (exact) mass is 671 g/mol. The molecule has 242 valence electrons. The van der Waals surface area contributed by atoms with Crippen molar-refractivity contribution in [3.63, 3.8) is 0 Å². The third-order valence-electron chi connectivity index (χ3n) is 8.55. The van der Waals surface area contributed by atoms with E-state index in [0.717, 1.165) is 11.1 Å². The number of alkyl halides is 3. The highest BCUT2D eigenvalue weighted by Gasteiger charge is 2.45. The molecular formula is C36H34Cl2F3NO4. The van der Waals surface area contributed by atoms with Gasteiger partial charge in [0.15, 0.2) is 0 Å². The highest BCUT2D eigenvalue weighted by Crippen LogP contribution is 2.37. The second-order valence-corrected chi connectivity index (χ2v) is 12.3. The molecule has 0 aliphatic heterocycles. The average Bonchev–Trinajstić information content (AvgIpc) is 3.03. The molecule has 2 atom stereocenters. The summed E-state index contributed by atoms with van der Waals surface area (Å²) in [5.41, 5.74) is 2.52. The summed E-state index contributed by atoms with van der Waals surface area (Å²) in [6, 6.07) is 27.5. The molecule has 0 heterocycles. The van der Waals surface area contributed by atoms with E-state index in [1.54, 1.807) is 31.2 Å². The molecule has 0 aromatic heterocycles. The Morgan fingerprint density at radius 2 is 1.33 bits per heavy atom. The van der Waals surface area contributed by atoms with Crippen molar-refractivity contribution in [2.45, 2.75) is 37.9 Å². The normalized spacial score (nSPS) is 13.3. The highest BCUT2D eigenvalue weighted by molar-refractivity contribution is 6.30. The van der Waals surface area contributed by atoms with Crippen LogP contribution in [-0.2, 0) is 16.8 Å². The molecule has 0 bridgehead atoms. The number of rotatable bonds is 13. The second-order valence-electron chi connectivity index (χ2n) is 11.4. The fourth-order valence-corrected chi connectivity index (χ4v) is 5.78. The predicted octanol–water partition coefficient (Wildman–Crippen LogP) is 9.06. The lowest BCUT2D eigenvalue weighted by molar-refractivity contribution is -0.176. The van der Waals surface area contributed by atoms with Gasteiger partial charge < -0.3 is 9.84 Å². The lowest BCUT2D eigenvalue weighted by atomic mass is 9.80. The fourth-order valence-electron chi connectivity index (χ4n) is 5.52. The number of hydrogen-bond acceptors (Lipinski definition) is 4. The van der Waals surface area contributed by atoms with Gasteiger partial charge in [-0.15, -0.1) is 0 Å². The zero-order valence-electron chi connectivity index (χ0n) is 25.5. The van der Waals surface area contributed by atoms with Crippen molar-refractivity contribution in [2.24, 2.45) is 5.92 Å². The Bertz CT molecular complexity index is 1580. The average molecular weight is 673 g/mol. The van der Waals surface area contributed by atoms with Crippen molar-refractivity contribution >= 4 is 35.0 Å². The number of carbonyl (C=O) groups excluding carboxylic acids is 1. The topological polar surface area (TPSA) is 66.8 Å². The number of carboxylic acid groups (broad SMARTS) is 1. The number of carbonyl (C=O) groups is 2. The molecule has 0 radical (unpaired) electrons. The molecule has 46 heavy (non-hydrogen) atoms. The Labute approximate surface area is 276 Å². The molecule has 0 fully saturated rings. The maximum Gasteiger partial charge on any atom is 0.450 e. The molecule has 0 saturated carbocycles. The van der Waals surface area contributed by atoms with Gasteiger partial charge in [0.1, 0.15) is 12.4 Å². The molecular weight excluding hydrogens is 638 g/mol. The van der Waals surface area contributed by atoms with Crippen LogP contribution in [0.3, 0.4) is 0 Å². The number of ketones is 1. The Balaban J connectivity index is 1.45. The van der Waals surface area contributed by atoms with Gasteiger partial charge in [0.2, 0.25) is 5.78 Å². The van der Waals surface area contributed by atoms with Crippen LogP contribution >= 0.6 is 23.2 Å². The van der Waals surface area contributed by atoms with Crippen LogP contribution in [-0.4, -0.2) is 48.1 Å². The zero-order chi connectivity index (χ0) is 33.6. The molecule has 0 spiro atoms. The number of aromatic carboxylic acids is 1. The molecule has 0 aliphatic rings. The molecule has 0 amide bonds. The van der Waals surface area contributed by atoms with Crippen molar-refractivity contribution in [2.75, 3.05) is 20.2 Å². The Morgan fingerprint density at radius 1 is 0.826 bits per heavy atom. The fraction of sp³-hybridized carbons (Fsp3) is 0.278. The maximum absolute atomic E-state index is 13.6. The van der Waals surface area contributed by atoms with Gasteiger partial charge in [-0.25, -0.2) is 4.79 Å². The minimum atomic E-state index is -5.01. The summed E-state index contributed by atoms with van der Waals surface area (Å²) in [5.74, 6) is -4.63. The van der Waals surface area contributed by atoms with Crippen molar-refractivity contribution < 1.29 is 32.6 Å². The SMILES string of the molecule is CC(c1ccc(C(=O)O)cc1)C(Cc1ccc(OCCN(C)C(C)(c2ccc(Cl)cc2)c2ccc(Cl)cc2)cc1)C(=O)C(F)(F)F. The lowest BCUT2D eigenvalue weighted by Crippen LogP contribution is -2.44. The van der Waals surface area contributed by atoms with Gasteiger partial charge in [0, 0.05) is 22.5 Å². The number of carboxylic acids is 1. The maximum atomic E-state index is 13.6. The molecule has 0 saturated heterocycles. The van der Waals surface area contributed by atoms with Gasteiger partial charge in [0.25, 0.3) is 0 Å². The molecule has 5 nitrogen and oxygen atoms in total. The number of hydrogen-bond donors (Lipinski definition) is 1. The Morgan fingerprint density at radius 3 is 1.78 bits per heavy atom. The minimum absolute atomic E-state index is 0.0102. The van der Waals surface area contributed by atoms with E-state index in [0.29, 0.717) is 40.1 Å². The van der Waals surface area contributed by atoms with Crippen LogP contribution in [0.1, 0.15) is 52.4 Å². The van der Waals surface area contributed by atoms with E-state index < -0.39 is 35.3 Å². The van der Waals surface area contributed by atoms with Crippen LogP contribution in [0.25, 0.3) is 0 Å². The van der Waals surface area contributed by atoms with Crippen molar-refractivity contribution in [3.8, 4) is 5.75 Å². The van der Waals surface area contributed by atoms with Crippen LogP contribution in [0.15, 0.2) is 97.1 Å². The molecule has 4 aromatic carbocycles. The smallest absolute Gasteiger partial charge is 0.450 e. The first-order valence-corrected chi connectivity index (χ1v) is 15.3. The van der Waals surface area contributed by atoms with E-state index in [-0.39, 0.29) is 12.0 Å². The third-order valence-corrected chi connectivity index (χ3v) is 9.06. The summed E-state index contributed by atoms with van der Waals surface area (Å²) in [5, 5.41) is 10.4. The molecule has 0 aliphatic carbocycles. The van der Waals surface area contributed by atoms with Crippen LogP contribution in [0, 0.1) is 5.92 Å². The van der Waals surface area contributed by atoms with Crippen molar-refractivity contribution in [1.82, 2.24) is 4.90 Å². The summed E-state index contributed by atoms with van der Waals surface area (Å²) in [4.78, 5) is 25.8. The first-order chi connectivity index (χ1) is 21.7. The van der Waals surface area contributed by atoms with E-state index in [4.69, 9.17) is 33.0 Å². The number of ether oxygens (including phenoxy) is 1. The van der Waals surface area contributed by atoms with Crippen LogP contribution in [0.5, 0.6) is 5.75 Å². The van der Waals surface area contributed by atoms with Gasteiger partial charge in [0.05, 0.1) is 11.1 Å². The van der Waals surface area contributed by atoms with E-state index >= 15 is 0 Å². The minimum Gasteiger partial charge on any atom is -0.492 e. The van der Waals surface area contributed by atoms with Gasteiger partial charge >= 0.3 is 12.1 Å². The van der Waals surface area contributed by atoms with E-state index in [1.807, 2.05) is 55.6 Å². The standard InChI is InChI=1S/C36H34Cl2F3NO4/c1-23(25-6-8-26(9-7-25)34(44)45)32(33(43)36(39,40)41)22-24-4-18-31(19-5-24)46-21-20-42(3)35(2,27-10-14-29(37)15-11-27)28-12-16-30(38)17-13-28/h4-19,23,32H,20-22H2,1-3H3,(H,44,45). The Kier molecular flexibility index (Phi) is 11.2. The molecule has 1 N–H and O–H groups in total. The predicted molar refractivity (Wildman–Crippen MR) is 174 cm³/mol. The van der Waals surface area contributed by atoms with Crippen LogP contribution in [0.2, 0.25) is 10.0 Å². The van der Waals surface area contributed by atoms with E-state index in [9.17, 15) is 22.8 Å².